The van der Waals surface area contributed by atoms with Crippen molar-refractivity contribution in [2.45, 2.75) is 52.0 Å². The molecule has 1 fully saturated rings. The number of carbonyl (C=O) groups excluding carboxylic acids is 3. The average Bonchev–Trinajstić information content (AvgIpc) is 3.57. The van der Waals surface area contributed by atoms with E-state index in [9.17, 15) is 14.4 Å². The van der Waals surface area contributed by atoms with Crippen molar-refractivity contribution in [2.75, 3.05) is 106 Å². The molecule has 1 aromatic rings. The number of ether oxygens (including phenoxy) is 8. The molecule has 2 aliphatic carbocycles. The van der Waals surface area contributed by atoms with Gasteiger partial charge < -0.3 is 48.0 Å². The molecule has 15 nitrogen and oxygen atoms in total. The fraction of sp³-hybridized carbons (Fsp3) is 0.844. The third-order valence-electron chi connectivity index (χ3n) is 8.06. The van der Waals surface area contributed by atoms with Gasteiger partial charge in [-0.2, -0.15) is 0 Å². The zero-order chi connectivity index (χ0) is 33.4. The van der Waals surface area contributed by atoms with Crippen LogP contribution in [0.3, 0.4) is 0 Å². The van der Waals surface area contributed by atoms with E-state index in [1.165, 1.54) is 5.69 Å². The van der Waals surface area contributed by atoms with E-state index in [4.69, 9.17) is 37.9 Å². The highest BCUT2D eigenvalue weighted by molar-refractivity contribution is 5.75. The monoisotopic (exact) mass is 670 g/mol. The molecule has 2 aliphatic rings. The van der Waals surface area contributed by atoms with Crippen molar-refractivity contribution in [3.05, 3.63) is 11.4 Å². The number of aldehydes is 1. The second-order valence-electron chi connectivity index (χ2n) is 11.5. The number of hydrogen-bond acceptors (Lipinski definition) is 13. The maximum absolute atomic E-state index is 12.2. The lowest BCUT2D eigenvalue weighted by Gasteiger charge is -2.11. The quantitative estimate of drug-likeness (QED) is 0.0961. The number of Topliss-reactive ketones (excluding diaryl/α,β-unsaturated/α-hetero) is 1. The first kappa shape index (κ1) is 38.9. The zero-order valence-corrected chi connectivity index (χ0v) is 27.9. The molecule has 1 amide bonds. The molecule has 3 atom stereocenters. The first-order valence-electron chi connectivity index (χ1n) is 16.9. The van der Waals surface area contributed by atoms with E-state index >= 15 is 0 Å². The van der Waals surface area contributed by atoms with Crippen LogP contribution in [0.25, 0.3) is 0 Å². The molecule has 0 radical (unpaired) electrons. The van der Waals surface area contributed by atoms with Gasteiger partial charge in [0.05, 0.1) is 117 Å². The lowest BCUT2D eigenvalue weighted by molar-refractivity contribution is -0.118. The summed E-state index contributed by atoms with van der Waals surface area (Å²) in [5.41, 5.74) is 2.25. The third-order valence-corrected chi connectivity index (χ3v) is 8.06. The van der Waals surface area contributed by atoms with Crippen LogP contribution in [-0.2, 0) is 66.9 Å². The largest absolute Gasteiger partial charge is 0.449 e. The number of aryl methyl sites for hydroxylation is 1. The van der Waals surface area contributed by atoms with E-state index in [2.05, 4.69) is 15.6 Å². The van der Waals surface area contributed by atoms with Crippen LogP contribution in [0.2, 0.25) is 0 Å². The molecule has 1 heterocycles. The Labute approximate surface area is 277 Å². The maximum Gasteiger partial charge on any atom is 0.407 e. The Morgan fingerprint density at radius 2 is 1.32 bits per heavy atom. The van der Waals surface area contributed by atoms with Crippen molar-refractivity contribution in [1.82, 2.24) is 20.3 Å². The Hall–Kier alpha value is -2.53. The lowest BCUT2D eigenvalue weighted by Crippen LogP contribution is -2.29. The molecule has 0 aliphatic heterocycles. The summed E-state index contributed by atoms with van der Waals surface area (Å²) in [4.78, 5) is 33.2. The predicted molar refractivity (Wildman–Crippen MR) is 168 cm³/mol. The first-order valence-corrected chi connectivity index (χ1v) is 16.9. The Morgan fingerprint density at radius 1 is 0.766 bits per heavy atom. The predicted octanol–water partition coefficient (Wildman–Crippen LogP) is 1.43. The summed E-state index contributed by atoms with van der Waals surface area (Å²) in [5.74, 6) is 1.61. The number of nitrogens with one attached hydrogen (secondary N) is 1. The molecule has 0 saturated heterocycles. The van der Waals surface area contributed by atoms with Gasteiger partial charge in [-0.1, -0.05) is 5.21 Å². The van der Waals surface area contributed by atoms with E-state index in [0.29, 0.717) is 143 Å². The molecule has 3 rings (SSSR count). The van der Waals surface area contributed by atoms with Crippen molar-refractivity contribution >= 4 is 18.2 Å². The number of amides is 1. The third kappa shape index (κ3) is 16.9. The molecule has 0 bridgehead atoms. The van der Waals surface area contributed by atoms with Gasteiger partial charge in [0.1, 0.15) is 12.1 Å². The van der Waals surface area contributed by atoms with Gasteiger partial charge in [-0.05, 0) is 50.4 Å². The summed E-state index contributed by atoms with van der Waals surface area (Å²) in [5, 5.41) is 11.6. The Kier molecular flexibility index (Phi) is 20.4. The highest BCUT2D eigenvalue weighted by Gasteiger charge is 2.50. The number of fused-ring (bicyclic) bond motifs is 2. The van der Waals surface area contributed by atoms with E-state index in [1.807, 2.05) is 4.68 Å². The van der Waals surface area contributed by atoms with Crippen LogP contribution in [0, 0.1) is 17.8 Å². The first-order chi connectivity index (χ1) is 23.1. The van der Waals surface area contributed by atoms with Gasteiger partial charge in [-0.3, -0.25) is 4.79 Å². The number of rotatable bonds is 29. The fourth-order valence-electron chi connectivity index (χ4n) is 5.50. The van der Waals surface area contributed by atoms with Gasteiger partial charge in [0.2, 0.25) is 0 Å². The van der Waals surface area contributed by atoms with Gasteiger partial charge >= 0.3 is 6.09 Å². The number of hydrogen-bond donors (Lipinski definition) is 1. The van der Waals surface area contributed by atoms with Gasteiger partial charge in [-0.25, -0.2) is 9.48 Å². The molecule has 0 aromatic carbocycles. The van der Waals surface area contributed by atoms with Gasteiger partial charge in [-0.15, -0.1) is 5.10 Å². The molecule has 1 N–H and O–H groups in total. The standard InChI is InChI=1S/C32H54N4O11/c1-26(38)7-12-41-16-20-45-23-24-46-21-17-42-13-8-33-32(39)47-25-29-27-3-5-30-31(6-4-28(27)29)36(35-34-30)9-14-43-18-22-44-19-15-40-11-2-10-37/h10,27-29H,2-9,11-25H2,1H3,(H,33,39). The van der Waals surface area contributed by atoms with Crippen LogP contribution in [0.1, 0.15) is 44.0 Å². The van der Waals surface area contributed by atoms with Crippen molar-refractivity contribution in [3.63, 3.8) is 0 Å². The molecule has 268 valence electrons. The second kappa shape index (κ2) is 24.6. The minimum Gasteiger partial charge on any atom is -0.449 e. The summed E-state index contributed by atoms with van der Waals surface area (Å²) in [7, 11) is 0. The molecule has 47 heavy (non-hydrogen) atoms. The second-order valence-corrected chi connectivity index (χ2v) is 11.5. The van der Waals surface area contributed by atoms with Gasteiger partial charge in [0, 0.05) is 19.4 Å². The van der Waals surface area contributed by atoms with Crippen LogP contribution in [0.4, 0.5) is 4.79 Å². The number of carbonyl (C=O) groups is 3. The van der Waals surface area contributed by atoms with Gasteiger partial charge in [0.15, 0.2) is 0 Å². The Balaban J connectivity index is 1.13. The molecule has 15 heteroatoms. The van der Waals surface area contributed by atoms with E-state index in [0.717, 1.165) is 37.7 Å². The Morgan fingerprint density at radius 3 is 1.94 bits per heavy atom. The van der Waals surface area contributed by atoms with E-state index < -0.39 is 6.09 Å². The van der Waals surface area contributed by atoms with Crippen molar-refractivity contribution in [3.8, 4) is 0 Å². The van der Waals surface area contributed by atoms with E-state index in [-0.39, 0.29) is 5.78 Å². The van der Waals surface area contributed by atoms with Crippen LogP contribution < -0.4 is 5.32 Å². The Bertz CT molecular complexity index is 1010. The molecule has 1 aromatic heterocycles. The number of aromatic nitrogens is 3. The van der Waals surface area contributed by atoms with Crippen molar-refractivity contribution in [1.29, 1.82) is 0 Å². The van der Waals surface area contributed by atoms with E-state index in [1.54, 1.807) is 6.92 Å². The average molecular weight is 671 g/mol. The molecular weight excluding hydrogens is 616 g/mol. The van der Waals surface area contributed by atoms with Crippen molar-refractivity contribution < 1.29 is 52.3 Å². The van der Waals surface area contributed by atoms with Crippen molar-refractivity contribution in [2.24, 2.45) is 17.8 Å². The lowest BCUT2D eigenvalue weighted by atomic mass is 10.0. The molecular formula is C32H54N4O11. The zero-order valence-electron chi connectivity index (χ0n) is 27.9. The highest BCUT2D eigenvalue weighted by atomic mass is 16.6. The molecule has 1 saturated carbocycles. The fourth-order valence-corrected chi connectivity index (χ4v) is 5.50. The summed E-state index contributed by atoms with van der Waals surface area (Å²) in [6.07, 6.45) is 5.10. The van der Waals surface area contributed by atoms with Gasteiger partial charge in [0.25, 0.3) is 0 Å². The summed E-state index contributed by atoms with van der Waals surface area (Å²) in [6, 6.07) is 0. The SMILES string of the molecule is CC(=O)CCOCCOCCOCCOCCNC(=O)OCC1C2CCc3nnn(CCOCCOCCOCCC=O)c3CCC21. The number of ketones is 1. The molecule has 0 spiro atoms. The normalized spacial score (nSPS) is 18.5. The molecule has 3 unspecified atom stereocenters. The number of nitrogens with zero attached hydrogens (tertiary/aromatic N) is 3. The smallest absolute Gasteiger partial charge is 0.407 e. The maximum atomic E-state index is 12.2. The van der Waals surface area contributed by atoms with Crippen LogP contribution in [0.5, 0.6) is 0 Å². The van der Waals surface area contributed by atoms with Crippen LogP contribution in [-0.4, -0.2) is 139 Å². The summed E-state index contributed by atoms with van der Waals surface area (Å²) in [6.45, 7) is 9.39. The minimum absolute atomic E-state index is 0.115. The minimum atomic E-state index is -0.416. The van der Waals surface area contributed by atoms with Crippen LogP contribution >= 0.6 is 0 Å². The number of alkyl carbamates (subject to hydrolysis) is 1. The van der Waals surface area contributed by atoms with Crippen LogP contribution in [0.15, 0.2) is 0 Å². The summed E-state index contributed by atoms with van der Waals surface area (Å²) < 4.78 is 45.5. The summed E-state index contributed by atoms with van der Waals surface area (Å²) >= 11 is 0. The topological polar surface area (TPSA) is 168 Å². The highest BCUT2D eigenvalue weighted by Crippen LogP contribution is 2.52.